The van der Waals surface area contributed by atoms with Gasteiger partial charge in [0.15, 0.2) is 0 Å². The predicted octanol–water partition coefficient (Wildman–Crippen LogP) is 5.21. The number of hydrogen-bond acceptors (Lipinski definition) is 3. The van der Waals surface area contributed by atoms with E-state index in [4.69, 9.17) is 23.2 Å². The molecule has 0 unspecified atom stereocenters. The molecule has 3 amide bonds. The summed E-state index contributed by atoms with van der Waals surface area (Å²) in [7, 11) is 0. The molecule has 34 heavy (non-hydrogen) atoms. The van der Waals surface area contributed by atoms with E-state index in [1.54, 1.807) is 12.1 Å². The molecule has 7 rings (SSSR count). The number of halogens is 2. The summed E-state index contributed by atoms with van der Waals surface area (Å²) >= 11 is 12.2. The molecule has 4 aliphatic carbocycles. The van der Waals surface area contributed by atoms with Crippen molar-refractivity contribution >= 4 is 46.6 Å². The third-order valence-corrected chi connectivity index (χ3v) is 8.84. The molecule has 1 aliphatic heterocycles. The lowest BCUT2D eigenvalue weighted by molar-refractivity contribution is -0.140. The zero-order valence-corrected chi connectivity index (χ0v) is 20.2. The van der Waals surface area contributed by atoms with E-state index in [0.29, 0.717) is 28.1 Å². The molecule has 5 nitrogen and oxygen atoms in total. The highest BCUT2D eigenvalue weighted by atomic mass is 35.5. The second-order valence-corrected chi connectivity index (χ2v) is 10.6. The van der Waals surface area contributed by atoms with Crippen LogP contribution in [0.3, 0.4) is 0 Å². The van der Waals surface area contributed by atoms with Crippen LogP contribution in [0.4, 0.5) is 5.69 Å². The average Bonchev–Trinajstić information content (AvgIpc) is 3.64. The number of benzene rings is 2. The Hall–Kier alpha value is -2.63. The second-order valence-electron chi connectivity index (χ2n) is 9.78. The van der Waals surface area contributed by atoms with Crippen LogP contribution < -0.4 is 4.90 Å². The van der Waals surface area contributed by atoms with Gasteiger partial charge >= 0.3 is 0 Å². The van der Waals surface area contributed by atoms with Crippen LogP contribution in [0.15, 0.2) is 54.6 Å². The zero-order chi connectivity index (χ0) is 23.7. The van der Waals surface area contributed by atoms with E-state index < -0.39 is 0 Å². The van der Waals surface area contributed by atoms with Crippen LogP contribution in [0.5, 0.6) is 0 Å². The highest BCUT2D eigenvalue weighted by molar-refractivity contribution is 6.42. The zero-order valence-electron chi connectivity index (χ0n) is 18.7. The van der Waals surface area contributed by atoms with Gasteiger partial charge in [0, 0.05) is 11.3 Å². The Kier molecular flexibility index (Phi) is 5.12. The number of amides is 3. The minimum absolute atomic E-state index is 0.121. The van der Waals surface area contributed by atoms with E-state index in [1.165, 1.54) is 15.9 Å². The van der Waals surface area contributed by atoms with Gasteiger partial charge in [0.1, 0.15) is 6.67 Å². The van der Waals surface area contributed by atoms with Crippen molar-refractivity contribution in [3.05, 3.63) is 75.8 Å². The molecule has 0 radical (unpaired) electrons. The summed E-state index contributed by atoms with van der Waals surface area (Å²) < 4.78 is 0. The molecule has 1 heterocycles. The molecular weight excluding hydrogens is 471 g/mol. The van der Waals surface area contributed by atoms with E-state index >= 15 is 0 Å². The highest BCUT2D eigenvalue weighted by Gasteiger charge is 2.67. The fourth-order valence-corrected chi connectivity index (χ4v) is 6.56. The smallest absolute Gasteiger partial charge is 0.259 e. The van der Waals surface area contributed by atoms with Crippen molar-refractivity contribution in [2.24, 2.45) is 35.5 Å². The van der Waals surface area contributed by atoms with Gasteiger partial charge in [-0.1, -0.05) is 54.4 Å². The maximum atomic E-state index is 13.6. The summed E-state index contributed by atoms with van der Waals surface area (Å²) in [6, 6.07) is 12.3. The van der Waals surface area contributed by atoms with E-state index in [1.807, 2.05) is 24.3 Å². The van der Waals surface area contributed by atoms with E-state index in [2.05, 4.69) is 19.1 Å². The molecule has 0 aromatic heterocycles. The number of aryl methyl sites for hydroxylation is 1. The topological polar surface area (TPSA) is 57.7 Å². The summed E-state index contributed by atoms with van der Waals surface area (Å²) in [4.78, 5) is 43.5. The average molecular weight is 495 g/mol. The molecule has 2 saturated carbocycles. The quantitative estimate of drug-likeness (QED) is 0.423. The molecule has 2 aromatic rings. The fourth-order valence-electron chi connectivity index (χ4n) is 6.26. The minimum atomic E-state index is -0.345. The molecule has 5 aliphatic rings. The highest BCUT2D eigenvalue weighted by Crippen LogP contribution is 2.65. The van der Waals surface area contributed by atoms with E-state index in [-0.39, 0.29) is 53.1 Å². The van der Waals surface area contributed by atoms with Crippen LogP contribution in [0, 0.1) is 35.5 Å². The summed E-state index contributed by atoms with van der Waals surface area (Å²) in [5.41, 5.74) is 2.09. The summed E-state index contributed by atoms with van der Waals surface area (Å²) in [6.45, 7) is 1.94. The van der Waals surface area contributed by atoms with Crippen molar-refractivity contribution in [1.29, 1.82) is 0 Å². The first-order valence-electron chi connectivity index (χ1n) is 11.8. The number of nitrogens with zero attached hydrogens (tertiary/aromatic N) is 2. The maximum absolute atomic E-state index is 13.6. The molecule has 1 saturated heterocycles. The SMILES string of the molecule is CCc1ccc(N(CN2C(=O)[C@@H]3[C@H]4C=C[C@@H]([C@@H]5C[C@@H]45)[C@@H]3C2=O)C(=O)c2ccc(Cl)c(Cl)c2)cc1. The largest absolute Gasteiger partial charge is 0.290 e. The van der Waals surface area contributed by atoms with Crippen molar-refractivity contribution in [3.8, 4) is 0 Å². The van der Waals surface area contributed by atoms with Crippen LogP contribution in [0.25, 0.3) is 0 Å². The van der Waals surface area contributed by atoms with Gasteiger partial charge < -0.3 is 0 Å². The van der Waals surface area contributed by atoms with Gasteiger partial charge in [-0.15, -0.1) is 0 Å². The van der Waals surface area contributed by atoms with Crippen molar-refractivity contribution in [1.82, 2.24) is 4.90 Å². The Morgan fingerprint density at radius 1 is 0.941 bits per heavy atom. The van der Waals surface area contributed by atoms with Gasteiger partial charge in [0.05, 0.1) is 21.9 Å². The lowest BCUT2D eigenvalue weighted by Gasteiger charge is -2.37. The number of hydrogen-bond donors (Lipinski definition) is 0. The minimum Gasteiger partial charge on any atom is -0.290 e. The number of allylic oxidation sites excluding steroid dienone is 2. The van der Waals surface area contributed by atoms with Crippen molar-refractivity contribution < 1.29 is 14.4 Å². The standard InChI is InChI=1S/C27H24Cl2N2O3/c1-2-14-3-6-16(7-4-14)30(25(32)15-5-10-21(28)22(29)11-15)13-31-26(33)23-17-8-9-18(20-12-19(17)20)24(23)27(31)34/h3-11,17-20,23-24H,2,12-13H2,1H3/t17-,18-,19-,20-,23-,24+/m0/s1. The molecule has 3 fully saturated rings. The summed E-state index contributed by atoms with van der Waals surface area (Å²) in [5.74, 6) is 0.100. The van der Waals surface area contributed by atoms with Gasteiger partial charge in [0.2, 0.25) is 11.8 Å². The van der Waals surface area contributed by atoms with E-state index in [0.717, 1.165) is 18.4 Å². The number of carbonyl (C=O) groups is 3. The van der Waals surface area contributed by atoms with Gasteiger partial charge in [-0.2, -0.15) is 0 Å². The van der Waals surface area contributed by atoms with Crippen LogP contribution >= 0.6 is 23.2 Å². The normalized spacial score (nSPS) is 30.4. The van der Waals surface area contributed by atoms with Crippen molar-refractivity contribution in [2.75, 3.05) is 11.6 Å². The molecule has 0 spiro atoms. The summed E-state index contributed by atoms with van der Waals surface area (Å²) in [6.07, 6.45) is 6.28. The molecule has 2 aromatic carbocycles. The number of anilines is 1. The maximum Gasteiger partial charge on any atom is 0.259 e. The first-order valence-corrected chi connectivity index (χ1v) is 12.5. The van der Waals surface area contributed by atoms with Gasteiger partial charge in [-0.25, -0.2) is 0 Å². The molecule has 6 atom stereocenters. The third kappa shape index (κ3) is 3.24. The van der Waals surface area contributed by atoms with E-state index in [9.17, 15) is 14.4 Å². The number of likely N-dealkylation sites (tertiary alicyclic amines) is 1. The van der Waals surface area contributed by atoms with Gasteiger partial charge in [0.25, 0.3) is 5.91 Å². The van der Waals surface area contributed by atoms with Crippen LogP contribution in [-0.4, -0.2) is 29.3 Å². The van der Waals surface area contributed by atoms with Crippen LogP contribution in [0.2, 0.25) is 10.0 Å². The molecule has 2 bridgehead atoms. The Morgan fingerprint density at radius 3 is 2.12 bits per heavy atom. The Balaban J connectivity index is 1.34. The van der Waals surface area contributed by atoms with Gasteiger partial charge in [-0.05, 0) is 72.4 Å². The summed E-state index contributed by atoms with van der Waals surface area (Å²) in [5, 5.41) is 0.627. The molecule has 174 valence electrons. The molecule has 7 heteroatoms. The molecular formula is C27H24Cl2N2O3. The number of imide groups is 1. The van der Waals surface area contributed by atoms with Crippen molar-refractivity contribution in [2.45, 2.75) is 19.8 Å². The predicted molar refractivity (Wildman–Crippen MR) is 131 cm³/mol. The third-order valence-electron chi connectivity index (χ3n) is 8.10. The monoisotopic (exact) mass is 494 g/mol. The van der Waals surface area contributed by atoms with Crippen LogP contribution in [-0.2, 0) is 16.0 Å². The Morgan fingerprint density at radius 2 is 1.56 bits per heavy atom. The second kappa shape index (κ2) is 7.96. The van der Waals surface area contributed by atoms with Crippen LogP contribution in [0.1, 0.15) is 29.3 Å². The van der Waals surface area contributed by atoms with Gasteiger partial charge in [-0.3, -0.25) is 24.2 Å². The Labute approximate surface area is 208 Å². The lowest BCUT2D eigenvalue weighted by atomic mass is 9.63. The first-order chi connectivity index (χ1) is 16.4. The number of carbonyl (C=O) groups excluding carboxylic acids is 3. The fraction of sp³-hybridized carbons (Fsp3) is 0.370. The van der Waals surface area contributed by atoms with Crippen molar-refractivity contribution in [3.63, 3.8) is 0 Å². The number of rotatable bonds is 5. The molecule has 0 N–H and O–H groups in total. The lowest BCUT2D eigenvalue weighted by Crippen LogP contribution is -2.45. The Bertz CT molecular complexity index is 1200. The first kappa shape index (κ1) is 21.9.